The summed E-state index contributed by atoms with van der Waals surface area (Å²) in [5.74, 6) is 0.936. The van der Waals surface area contributed by atoms with Crippen molar-refractivity contribution in [3.63, 3.8) is 0 Å². The number of ether oxygens (including phenoxy) is 1. The van der Waals surface area contributed by atoms with Crippen LogP contribution in [0.25, 0.3) is 0 Å². The van der Waals surface area contributed by atoms with Gasteiger partial charge < -0.3 is 9.72 Å². The minimum Gasteiger partial charge on any atom is -0.489 e. The molecule has 3 aromatic rings. The Morgan fingerprint density at radius 2 is 1.57 bits per heavy atom. The zero-order chi connectivity index (χ0) is 14.3. The third kappa shape index (κ3) is 3.99. The van der Waals surface area contributed by atoms with Gasteiger partial charge >= 0.3 is 0 Å². The van der Waals surface area contributed by atoms with Crippen LogP contribution < -0.4 is 4.74 Å². The number of nitrogens with one attached hydrogen (secondary N) is 1. The highest BCUT2D eigenvalue weighted by Gasteiger charge is 2.00. The molecule has 0 radical (unpaired) electrons. The van der Waals surface area contributed by atoms with Gasteiger partial charge in [-0.2, -0.15) is 0 Å². The monoisotopic (exact) mass is 277 g/mol. The highest BCUT2D eigenvalue weighted by Crippen LogP contribution is 2.16. The summed E-state index contributed by atoms with van der Waals surface area (Å²) in [6, 6.07) is 20.7. The molecule has 106 valence electrons. The maximum atomic E-state index is 5.86. The molecule has 0 spiro atoms. The lowest BCUT2D eigenvalue weighted by Crippen LogP contribution is -1.96. The molecule has 1 N–H and O–H groups in total. The van der Waals surface area contributed by atoms with Crippen molar-refractivity contribution >= 4 is 0 Å². The van der Waals surface area contributed by atoms with E-state index in [0.717, 1.165) is 18.6 Å². The third-order valence-corrected chi connectivity index (χ3v) is 3.51. The molecule has 0 fully saturated rings. The zero-order valence-electron chi connectivity index (χ0n) is 12.0. The van der Waals surface area contributed by atoms with Crippen LogP contribution in [0.3, 0.4) is 0 Å². The summed E-state index contributed by atoms with van der Waals surface area (Å²) in [6.45, 7) is 0.613. The predicted molar refractivity (Wildman–Crippen MR) is 85.4 cm³/mol. The average Bonchev–Trinajstić information content (AvgIpc) is 3.06. The van der Waals surface area contributed by atoms with Crippen molar-refractivity contribution < 1.29 is 4.74 Å². The van der Waals surface area contributed by atoms with Gasteiger partial charge in [0.15, 0.2) is 0 Å². The van der Waals surface area contributed by atoms with Crippen molar-refractivity contribution in [1.29, 1.82) is 0 Å². The molecular formula is C19H19NO. The van der Waals surface area contributed by atoms with Crippen LogP contribution in [0.1, 0.15) is 16.7 Å². The van der Waals surface area contributed by atoms with Gasteiger partial charge in [0.05, 0.1) is 0 Å². The number of hydrogen-bond acceptors (Lipinski definition) is 1. The molecule has 21 heavy (non-hydrogen) atoms. The smallest absolute Gasteiger partial charge is 0.120 e. The molecule has 2 nitrogen and oxygen atoms in total. The molecule has 0 saturated heterocycles. The van der Waals surface area contributed by atoms with E-state index in [1.54, 1.807) is 0 Å². The SMILES string of the molecule is c1ccc(COc2cccc(CCc3cc[nH]c3)c2)cc1. The van der Waals surface area contributed by atoms with Gasteiger partial charge in [0.2, 0.25) is 0 Å². The molecule has 0 aliphatic carbocycles. The lowest BCUT2D eigenvalue weighted by molar-refractivity contribution is 0.306. The number of rotatable bonds is 6. The Kier molecular flexibility index (Phi) is 4.37. The standard InChI is InChI=1S/C19H19NO/c1-2-5-18(6-3-1)15-21-19-8-4-7-16(13-19)9-10-17-11-12-20-14-17/h1-8,11-14,20H,9-10,15H2. The van der Waals surface area contributed by atoms with Crippen LogP contribution in [0.5, 0.6) is 5.75 Å². The van der Waals surface area contributed by atoms with E-state index in [4.69, 9.17) is 4.74 Å². The second kappa shape index (κ2) is 6.80. The van der Waals surface area contributed by atoms with E-state index in [2.05, 4.69) is 47.6 Å². The molecule has 1 heterocycles. The summed E-state index contributed by atoms with van der Waals surface area (Å²) in [6.07, 6.45) is 6.09. The Balaban J connectivity index is 1.58. The van der Waals surface area contributed by atoms with Gasteiger partial charge in [-0.05, 0) is 47.7 Å². The van der Waals surface area contributed by atoms with E-state index >= 15 is 0 Å². The fourth-order valence-electron chi connectivity index (χ4n) is 2.33. The van der Waals surface area contributed by atoms with Crippen molar-refractivity contribution in [1.82, 2.24) is 4.98 Å². The number of aromatic nitrogens is 1. The van der Waals surface area contributed by atoms with Gasteiger partial charge in [-0.25, -0.2) is 0 Å². The maximum absolute atomic E-state index is 5.86. The molecule has 0 atom stereocenters. The Morgan fingerprint density at radius 3 is 2.38 bits per heavy atom. The number of benzene rings is 2. The van der Waals surface area contributed by atoms with Crippen molar-refractivity contribution in [2.75, 3.05) is 0 Å². The average molecular weight is 277 g/mol. The summed E-state index contributed by atoms with van der Waals surface area (Å²) in [4.78, 5) is 3.09. The number of aryl methyl sites for hydroxylation is 2. The maximum Gasteiger partial charge on any atom is 0.120 e. The van der Waals surface area contributed by atoms with Crippen LogP contribution in [0, 0.1) is 0 Å². The van der Waals surface area contributed by atoms with E-state index in [1.165, 1.54) is 16.7 Å². The van der Waals surface area contributed by atoms with E-state index in [1.807, 2.05) is 30.5 Å². The molecule has 1 aromatic heterocycles. The Labute approximate surface area is 125 Å². The molecule has 0 saturated carbocycles. The summed E-state index contributed by atoms with van der Waals surface area (Å²) in [7, 11) is 0. The minimum absolute atomic E-state index is 0.613. The molecule has 0 bridgehead atoms. The first-order chi connectivity index (χ1) is 10.4. The number of H-pyrrole nitrogens is 1. The first kappa shape index (κ1) is 13.5. The largest absolute Gasteiger partial charge is 0.489 e. The second-order valence-corrected chi connectivity index (χ2v) is 5.14. The van der Waals surface area contributed by atoms with Crippen molar-refractivity contribution in [3.05, 3.63) is 89.7 Å². The van der Waals surface area contributed by atoms with Crippen LogP contribution in [0.2, 0.25) is 0 Å². The number of aromatic amines is 1. The Bertz CT molecular complexity index is 659. The Hall–Kier alpha value is -2.48. The van der Waals surface area contributed by atoms with Crippen LogP contribution in [-0.4, -0.2) is 4.98 Å². The molecular weight excluding hydrogens is 258 g/mol. The number of hydrogen-bond donors (Lipinski definition) is 1. The highest BCUT2D eigenvalue weighted by molar-refractivity contribution is 5.29. The molecule has 3 rings (SSSR count). The molecule has 2 heteroatoms. The van der Waals surface area contributed by atoms with Crippen LogP contribution in [0.4, 0.5) is 0 Å². The first-order valence-corrected chi connectivity index (χ1v) is 7.27. The second-order valence-electron chi connectivity index (χ2n) is 5.14. The van der Waals surface area contributed by atoms with E-state index in [0.29, 0.717) is 6.61 Å². The van der Waals surface area contributed by atoms with E-state index in [-0.39, 0.29) is 0 Å². The van der Waals surface area contributed by atoms with Crippen molar-refractivity contribution in [2.24, 2.45) is 0 Å². The van der Waals surface area contributed by atoms with Gasteiger partial charge in [0.1, 0.15) is 12.4 Å². The normalized spacial score (nSPS) is 10.5. The zero-order valence-corrected chi connectivity index (χ0v) is 12.0. The fourth-order valence-corrected chi connectivity index (χ4v) is 2.33. The van der Waals surface area contributed by atoms with E-state index < -0.39 is 0 Å². The van der Waals surface area contributed by atoms with Crippen LogP contribution in [-0.2, 0) is 19.4 Å². The summed E-state index contributed by atoms with van der Waals surface area (Å²) >= 11 is 0. The highest BCUT2D eigenvalue weighted by atomic mass is 16.5. The molecule has 0 aliphatic heterocycles. The van der Waals surface area contributed by atoms with Gasteiger partial charge in [-0.3, -0.25) is 0 Å². The lowest BCUT2D eigenvalue weighted by Gasteiger charge is -2.08. The van der Waals surface area contributed by atoms with Gasteiger partial charge in [0, 0.05) is 12.4 Å². The topological polar surface area (TPSA) is 25.0 Å². The third-order valence-electron chi connectivity index (χ3n) is 3.51. The van der Waals surface area contributed by atoms with Gasteiger partial charge in [-0.1, -0.05) is 42.5 Å². The predicted octanol–water partition coefficient (Wildman–Crippen LogP) is 4.38. The summed E-state index contributed by atoms with van der Waals surface area (Å²) < 4.78 is 5.86. The molecule has 0 amide bonds. The van der Waals surface area contributed by atoms with Gasteiger partial charge in [0.25, 0.3) is 0 Å². The minimum atomic E-state index is 0.613. The summed E-state index contributed by atoms with van der Waals surface area (Å²) in [5.41, 5.74) is 3.84. The van der Waals surface area contributed by atoms with Crippen LogP contribution in [0.15, 0.2) is 73.1 Å². The van der Waals surface area contributed by atoms with Crippen molar-refractivity contribution in [2.45, 2.75) is 19.4 Å². The van der Waals surface area contributed by atoms with Gasteiger partial charge in [-0.15, -0.1) is 0 Å². The first-order valence-electron chi connectivity index (χ1n) is 7.27. The molecule has 0 aliphatic rings. The van der Waals surface area contributed by atoms with E-state index in [9.17, 15) is 0 Å². The summed E-state index contributed by atoms with van der Waals surface area (Å²) in [5, 5.41) is 0. The quantitative estimate of drug-likeness (QED) is 0.710. The lowest BCUT2D eigenvalue weighted by atomic mass is 10.1. The molecule has 2 aromatic carbocycles. The fraction of sp³-hybridized carbons (Fsp3) is 0.158. The van der Waals surface area contributed by atoms with Crippen LogP contribution >= 0.6 is 0 Å². The Morgan fingerprint density at radius 1 is 0.762 bits per heavy atom. The van der Waals surface area contributed by atoms with Crippen molar-refractivity contribution in [3.8, 4) is 5.75 Å². The molecule has 0 unspecified atom stereocenters.